The van der Waals surface area contributed by atoms with Crippen LogP contribution in [0.3, 0.4) is 0 Å². The minimum atomic E-state index is 0.198. The molecule has 0 saturated heterocycles. The largest absolute Gasteiger partial charge is 0.382 e. The predicted octanol–water partition coefficient (Wildman–Crippen LogP) is 3.02. The molecule has 0 spiro atoms. The van der Waals surface area contributed by atoms with Gasteiger partial charge in [0.15, 0.2) is 0 Å². The van der Waals surface area contributed by atoms with E-state index in [1.54, 1.807) is 7.11 Å². The van der Waals surface area contributed by atoms with E-state index in [0.717, 1.165) is 18.4 Å². The fraction of sp³-hybridized carbons (Fsp3) is 1.00. The zero-order chi connectivity index (χ0) is 13.3. The summed E-state index contributed by atoms with van der Waals surface area (Å²) in [6, 6.07) is 0. The van der Waals surface area contributed by atoms with Gasteiger partial charge in [0.05, 0.1) is 32.0 Å². The molecule has 4 rings (SSSR count). The van der Waals surface area contributed by atoms with Crippen molar-refractivity contribution in [2.24, 2.45) is 17.3 Å². The Morgan fingerprint density at radius 3 is 2.26 bits per heavy atom. The molecule has 3 nitrogen and oxygen atoms in total. The van der Waals surface area contributed by atoms with Crippen LogP contribution >= 0.6 is 0 Å². The van der Waals surface area contributed by atoms with Crippen molar-refractivity contribution < 1.29 is 14.2 Å². The van der Waals surface area contributed by atoms with E-state index in [1.807, 2.05) is 0 Å². The summed E-state index contributed by atoms with van der Waals surface area (Å²) in [5.74, 6) is 1.86. The Bertz CT molecular complexity index is 301. The Morgan fingerprint density at radius 1 is 0.947 bits per heavy atom. The van der Waals surface area contributed by atoms with Crippen molar-refractivity contribution in [1.82, 2.24) is 0 Å². The Kier molecular flexibility index (Phi) is 3.89. The van der Waals surface area contributed by atoms with Gasteiger partial charge < -0.3 is 14.2 Å². The smallest absolute Gasteiger partial charge is 0.0708 e. The van der Waals surface area contributed by atoms with Gasteiger partial charge in [-0.1, -0.05) is 6.92 Å². The van der Waals surface area contributed by atoms with Crippen LogP contribution in [0.25, 0.3) is 0 Å². The van der Waals surface area contributed by atoms with E-state index in [9.17, 15) is 0 Å². The summed E-state index contributed by atoms with van der Waals surface area (Å²) < 4.78 is 16.8. The van der Waals surface area contributed by atoms with Crippen molar-refractivity contribution in [1.29, 1.82) is 0 Å². The maximum absolute atomic E-state index is 6.32. The summed E-state index contributed by atoms with van der Waals surface area (Å²) >= 11 is 0. The van der Waals surface area contributed by atoms with Crippen LogP contribution in [0.15, 0.2) is 0 Å². The summed E-state index contributed by atoms with van der Waals surface area (Å²) in [6.45, 7) is 5.29. The second-order valence-electron chi connectivity index (χ2n) is 7.41. The summed E-state index contributed by atoms with van der Waals surface area (Å²) in [4.78, 5) is 0. The van der Waals surface area contributed by atoms with Gasteiger partial charge in [0.2, 0.25) is 0 Å². The van der Waals surface area contributed by atoms with Gasteiger partial charge in [0.1, 0.15) is 0 Å². The lowest BCUT2D eigenvalue weighted by Crippen LogP contribution is -2.56. The quantitative estimate of drug-likeness (QED) is 0.664. The maximum atomic E-state index is 6.32. The van der Waals surface area contributed by atoms with Crippen molar-refractivity contribution in [2.45, 2.75) is 51.0 Å². The van der Waals surface area contributed by atoms with Crippen LogP contribution in [-0.4, -0.2) is 39.1 Å². The molecule has 19 heavy (non-hydrogen) atoms. The molecule has 4 aliphatic rings. The zero-order valence-corrected chi connectivity index (χ0v) is 12.5. The third-order valence-corrected chi connectivity index (χ3v) is 5.37. The lowest BCUT2D eigenvalue weighted by molar-refractivity contribution is -0.193. The van der Waals surface area contributed by atoms with E-state index in [2.05, 4.69) is 6.92 Å². The van der Waals surface area contributed by atoms with Gasteiger partial charge in [-0.2, -0.15) is 0 Å². The predicted molar refractivity (Wildman–Crippen MR) is 74.2 cm³/mol. The first-order chi connectivity index (χ1) is 9.13. The summed E-state index contributed by atoms with van der Waals surface area (Å²) in [5.41, 5.74) is 0.768. The van der Waals surface area contributed by atoms with Gasteiger partial charge >= 0.3 is 0 Å². The maximum Gasteiger partial charge on any atom is 0.0708 e. The fourth-order valence-electron chi connectivity index (χ4n) is 5.36. The number of hydrogen-bond donors (Lipinski definition) is 0. The monoisotopic (exact) mass is 268 g/mol. The minimum Gasteiger partial charge on any atom is -0.382 e. The number of methoxy groups -OCH3 is 1. The molecule has 110 valence electrons. The van der Waals surface area contributed by atoms with Gasteiger partial charge in [0, 0.05) is 7.11 Å². The summed E-state index contributed by atoms with van der Waals surface area (Å²) in [6.07, 6.45) is 8.24. The third-order valence-electron chi connectivity index (χ3n) is 5.37. The molecule has 4 saturated carbocycles. The van der Waals surface area contributed by atoms with Gasteiger partial charge in [-0.15, -0.1) is 0 Å². The molecule has 0 aromatic heterocycles. The van der Waals surface area contributed by atoms with Gasteiger partial charge in [-0.25, -0.2) is 0 Å². The summed E-state index contributed by atoms with van der Waals surface area (Å²) in [5, 5.41) is 0. The first kappa shape index (κ1) is 13.8. The van der Waals surface area contributed by atoms with Crippen LogP contribution in [0.1, 0.15) is 45.4 Å². The average Bonchev–Trinajstić information content (AvgIpc) is 2.30. The van der Waals surface area contributed by atoms with Crippen LogP contribution in [0, 0.1) is 17.3 Å². The van der Waals surface area contributed by atoms with Crippen molar-refractivity contribution in [2.75, 3.05) is 33.5 Å². The lowest BCUT2D eigenvalue weighted by atomic mass is 9.48. The fourth-order valence-corrected chi connectivity index (χ4v) is 5.36. The highest BCUT2D eigenvalue weighted by atomic mass is 16.5. The Balaban J connectivity index is 1.48. The van der Waals surface area contributed by atoms with Crippen molar-refractivity contribution in [3.05, 3.63) is 0 Å². The lowest BCUT2D eigenvalue weighted by Gasteiger charge is -2.60. The first-order valence-corrected chi connectivity index (χ1v) is 7.84. The van der Waals surface area contributed by atoms with Crippen LogP contribution < -0.4 is 0 Å². The molecule has 0 amide bonds. The summed E-state index contributed by atoms with van der Waals surface area (Å²) in [7, 11) is 1.70. The van der Waals surface area contributed by atoms with Crippen LogP contribution in [0.2, 0.25) is 0 Å². The van der Waals surface area contributed by atoms with Crippen LogP contribution in [0.5, 0.6) is 0 Å². The van der Waals surface area contributed by atoms with E-state index in [4.69, 9.17) is 14.2 Å². The molecule has 3 heteroatoms. The SMILES string of the molecule is COCCOCCOC12CC3CC(CC(C)(C3)C1)C2. The van der Waals surface area contributed by atoms with Gasteiger partial charge in [-0.05, 0) is 55.8 Å². The van der Waals surface area contributed by atoms with Crippen LogP contribution in [0.4, 0.5) is 0 Å². The Labute approximate surface area is 117 Å². The molecule has 0 aromatic rings. The number of ether oxygens (including phenoxy) is 3. The highest BCUT2D eigenvalue weighted by molar-refractivity contribution is 5.07. The van der Waals surface area contributed by atoms with E-state index in [-0.39, 0.29) is 5.60 Å². The van der Waals surface area contributed by atoms with E-state index in [1.165, 1.54) is 38.5 Å². The highest BCUT2D eigenvalue weighted by Crippen LogP contribution is 2.62. The molecule has 0 radical (unpaired) electrons. The van der Waals surface area contributed by atoms with Crippen LogP contribution in [-0.2, 0) is 14.2 Å². The normalized spacial score (nSPS) is 43.9. The molecular formula is C16H28O3. The van der Waals surface area contributed by atoms with Crippen molar-refractivity contribution in [3.63, 3.8) is 0 Å². The molecule has 0 heterocycles. The second-order valence-corrected chi connectivity index (χ2v) is 7.41. The molecule has 4 aliphatic carbocycles. The topological polar surface area (TPSA) is 27.7 Å². The average molecular weight is 268 g/mol. The molecular weight excluding hydrogens is 240 g/mol. The third kappa shape index (κ3) is 2.98. The molecule has 4 fully saturated rings. The zero-order valence-electron chi connectivity index (χ0n) is 12.5. The molecule has 0 aliphatic heterocycles. The van der Waals surface area contributed by atoms with E-state index < -0.39 is 0 Å². The Hall–Kier alpha value is -0.120. The van der Waals surface area contributed by atoms with E-state index in [0.29, 0.717) is 25.2 Å². The van der Waals surface area contributed by atoms with Crippen molar-refractivity contribution in [3.8, 4) is 0 Å². The molecule has 4 bridgehead atoms. The number of rotatable bonds is 7. The van der Waals surface area contributed by atoms with Crippen molar-refractivity contribution >= 4 is 0 Å². The molecule has 0 N–H and O–H groups in total. The Morgan fingerprint density at radius 2 is 1.63 bits per heavy atom. The number of hydrogen-bond acceptors (Lipinski definition) is 3. The molecule has 2 atom stereocenters. The van der Waals surface area contributed by atoms with E-state index >= 15 is 0 Å². The minimum absolute atomic E-state index is 0.198. The van der Waals surface area contributed by atoms with Gasteiger partial charge in [0.25, 0.3) is 0 Å². The molecule has 2 unspecified atom stereocenters. The highest BCUT2D eigenvalue weighted by Gasteiger charge is 2.56. The molecule has 0 aromatic carbocycles. The van der Waals surface area contributed by atoms with Gasteiger partial charge in [-0.3, -0.25) is 0 Å². The standard InChI is InChI=1S/C16H28O3/c1-15-8-13-7-14(9-15)11-16(10-13,12-15)19-6-5-18-4-3-17-2/h13-14H,3-12H2,1-2H3. The second kappa shape index (κ2) is 5.34. The first-order valence-electron chi connectivity index (χ1n) is 7.84.